The third kappa shape index (κ3) is 4.58. The molecule has 9 aromatic rings. The standard InChI is InChI=1S/C51H38N4O/c1-50(2)39-26-11-8-19-32(39)34-22-14-24-37(45(34)50)47-52-48(38-25-15-23-35-33-20-9-12-27-40(33)51(3,4)46(35)38)54-49(53-47)55(31-17-6-5-7-18-31)41-28-16-30-43-44(41)36-21-10-13-29-42(36)56-43/h5-30H,1-4H3. The summed E-state index contributed by atoms with van der Waals surface area (Å²) < 4.78 is 6.43. The van der Waals surface area contributed by atoms with Crippen LogP contribution in [-0.2, 0) is 10.8 Å². The van der Waals surface area contributed by atoms with Gasteiger partial charge >= 0.3 is 0 Å². The van der Waals surface area contributed by atoms with E-state index in [9.17, 15) is 0 Å². The second kappa shape index (κ2) is 11.8. The molecule has 0 spiro atoms. The van der Waals surface area contributed by atoms with Gasteiger partial charge in [-0.15, -0.1) is 0 Å². The van der Waals surface area contributed by atoms with Gasteiger partial charge in [0.15, 0.2) is 11.6 Å². The van der Waals surface area contributed by atoms with E-state index in [4.69, 9.17) is 19.4 Å². The molecule has 0 saturated carbocycles. The SMILES string of the molecule is CC1(C)c2ccccc2-c2cccc(-c3nc(-c4cccc5c4C(C)(C)c4ccccc4-5)nc(N(c4ccccc4)c4cccc5oc6ccccc6c45)n3)c21. The second-order valence-corrected chi connectivity index (χ2v) is 16.0. The molecule has 5 nitrogen and oxygen atoms in total. The van der Waals surface area contributed by atoms with Crippen LogP contribution in [0.25, 0.3) is 67.0 Å². The third-order valence-electron chi connectivity index (χ3n) is 12.1. The van der Waals surface area contributed by atoms with Gasteiger partial charge in [0.1, 0.15) is 11.2 Å². The number of furan rings is 1. The highest BCUT2D eigenvalue weighted by molar-refractivity contribution is 6.13. The first kappa shape index (κ1) is 32.6. The molecule has 7 aromatic carbocycles. The van der Waals surface area contributed by atoms with E-state index in [0.29, 0.717) is 17.6 Å². The van der Waals surface area contributed by atoms with Gasteiger partial charge in [-0.2, -0.15) is 9.97 Å². The van der Waals surface area contributed by atoms with Crippen molar-refractivity contribution in [2.45, 2.75) is 38.5 Å². The molecule has 0 unspecified atom stereocenters. The molecule has 56 heavy (non-hydrogen) atoms. The summed E-state index contributed by atoms with van der Waals surface area (Å²) in [6, 6.07) is 55.5. The number of benzene rings is 7. The quantitative estimate of drug-likeness (QED) is 0.177. The molecule has 2 aromatic heterocycles. The second-order valence-electron chi connectivity index (χ2n) is 16.0. The number of hydrogen-bond donors (Lipinski definition) is 0. The monoisotopic (exact) mass is 722 g/mol. The lowest BCUT2D eigenvalue weighted by Gasteiger charge is -2.27. The minimum absolute atomic E-state index is 0.270. The van der Waals surface area contributed by atoms with E-state index in [0.717, 1.165) is 44.4 Å². The minimum Gasteiger partial charge on any atom is -0.456 e. The van der Waals surface area contributed by atoms with Crippen LogP contribution in [0.2, 0.25) is 0 Å². The van der Waals surface area contributed by atoms with Gasteiger partial charge in [-0.05, 0) is 74.8 Å². The molecule has 0 bridgehead atoms. The van der Waals surface area contributed by atoms with E-state index >= 15 is 0 Å². The van der Waals surface area contributed by atoms with Crippen molar-refractivity contribution in [3.05, 3.63) is 180 Å². The molecule has 2 aliphatic carbocycles. The molecule has 0 atom stereocenters. The number of rotatable bonds is 5. The maximum Gasteiger partial charge on any atom is 0.238 e. The first-order valence-electron chi connectivity index (χ1n) is 19.3. The lowest BCUT2D eigenvalue weighted by molar-refractivity contribution is 0.660. The summed E-state index contributed by atoms with van der Waals surface area (Å²) in [4.78, 5) is 18.7. The molecule has 11 rings (SSSR count). The zero-order valence-electron chi connectivity index (χ0n) is 31.7. The molecule has 268 valence electrons. The van der Waals surface area contributed by atoms with Crippen LogP contribution in [0.1, 0.15) is 49.9 Å². The van der Waals surface area contributed by atoms with Gasteiger partial charge in [-0.1, -0.05) is 155 Å². The Labute approximate surface area is 326 Å². The maximum atomic E-state index is 6.43. The van der Waals surface area contributed by atoms with Gasteiger partial charge in [0, 0.05) is 33.0 Å². The molecule has 0 amide bonds. The molecule has 0 aliphatic heterocycles. The highest BCUT2D eigenvalue weighted by Crippen LogP contribution is 2.54. The Hall–Kier alpha value is -6.85. The normalized spacial score (nSPS) is 14.4. The fraction of sp³-hybridized carbons (Fsp3) is 0.118. The summed E-state index contributed by atoms with van der Waals surface area (Å²) in [5.41, 5.74) is 15.0. The van der Waals surface area contributed by atoms with Crippen molar-refractivity contribution >= 4 is 39.3 Å². The summed E-state index contributed by atoms with van der Waals surface area (Å²) >= 11 is 0. The van der Waals surface area contributed by atoms with Crippen LogP contribution >= 0.6 is 0 Å². The summed E-state index contributed by atoms with van der Waals surface area (Å²) in [6.07, 6.45) is 0. The van der Waals surface area contributed by atoms with Crippen molar-refractivity contribution < 1.29 is 4.42 Å². The number of hydrogen-bond acceptors (Lipinski definition) is 5. The predicted molar refractivity (Wildman–Crippen MR) is 228 cm³/mol. The zero-order valence-corrected chi connectivity index (χ0v) is 31.7. The topological polar surface area (TPSA) is 55.1 Å². The van der Waals surface area contributed by atoms with Crippen LogP contribution in [0.15, 0.2) is 162 Å². The number of nitrogens with zero attached hydrogens (tertiary/aromatic N) is 4. The number of aromatic nitrogens is 3. The van der Waals surface area contributed by atoms with Crippen LogP contribution < -0.4 is 4.90 Å². The smallest absolute Gasteiger partial charge is 0.238 e. The Morgan fingerprint density at radius 2 is 0.911 bits per heavy atom. The molecule has 0 N–H and O–H groups in total. The van der Waals surface area contributed by atoms with E-state index in [2.05, 4.69) is 160 Å². The van der Waals surface area contributed by atoms with Crippen molar-refractivity contribution in [1.82, 2.24) is 15.0 Å². The zero-order chi connectivity index (χ0) is 37.8. The summed E-state index contributed by atoms with van der Waals surface area (Å²) in [5.74, 6) is 1.81. The van der Waals surface area contributed by atoms with Crippen LogP contribution in [0.3, 0.4) is 0 Å². The fourth-order valence-corrected chi connectivity index (χ4v) is 9.66. The first-order valence-corrected chi connectivity index (χ1v) is 19.3. The lowest BCUT2D eigenvalue weighted by Crippen LogP contribution is -2.19. The Morgan fingerprint density at radius 1 is 0.429 bits per heavy atom. The van der Waals surface area contributed by atoms with Crippen molar-refractivity contribution in [2.24, 2.45) is 0 Å². The van der Waals surface area contributed by atoms with Crippen molar-refractivity contribution in [3.63, 3.8) is 0 Å². The van der Waals surface area contributed by atoms with Crippen LogP contribution in [0.5, 0.6) is 0 Å². The summed E-state index contributed by atoms with van der Waals surface area (Å²) in [5, 5.41) is 2.04. The maximum absolute atomic E-state index is 6.43. The summed E-state index contributed by atoms with van der Waals surface area (Å²) in [7, 11) is 0. The third-order valence-corrected chi connectivity index (χ3v) is 12.1. The van der Waals surface area contributed by atoms with E-state index in [-0.39, 0.29) is 10.8 Å². The molecular formula is C51H38N4O. The lowest BCUT2D eigenvalue weighted by atomic mass is 9.79. The van der Waals surface area contributed by atoms with Gasteiger partial charge in [0.25, 0.3) is 0 Å². The molecule has 0 saturated heterocycles. The molecular weight excluding hydrogens is 685 g/mol. The Bertz CT molecular complexity index is 2920. The predicted octanol–water partition coefficient (Wildman–Crippen LogP) is 13.2. The molecule has 0 fully saturated rings. The van der Waals surface area contributed by atoms with Crippen molar-refractivity contribution in [1.29, 1.82) is 0 Å². The molecule has 0 radical (unpaired) electrons. The molecule has 2 aliphatic rings. The molecule has 5 heteroatoms. The first-order chi connectivity index (χ1) is 27.3. The Kier molecular flexibility index (Phi) is 6.88. The highest BCUT2D eigenvalue weighted by atomic mass is 16.3. The van der Waals surface area contributed by atoms with Gasteiger partial charge in [0.2, 0.25) is 5.95 Å². The van der Waals surface area contributed by atoms with Gasteiger partial charge in [-0.25, -0.2) is 4.98 Å². The van der Waals surface area contributed by atoms with E-state index in [1.807, 2.05) is 30.3 Å². The van der Waals surface area contributed by atoms with Gasteiger partial charge in [0.05, 0.1) is 11.1 Å². The average molecular weight is 723 g/mol. The van der Waals surface area contributed by atoms with E-state index < -0.39 is 0 Å². The fourth-order valence-electron chi connectivity index (χ4n) is 9.66. The van der Waals surface area contributed by atoms with Crippen LogP contribution in [-0.4, -0.2) is 15.0 Å². The average Bonchev–Trinajstić information content (AvgIpc) is 3.82. The van der Waals surface area contributed by atoms with Crippen molar-refractivity contribution in [2.75, 3.05) is 4.90 Å². The summed E-state index contributed by atoms with van der Waals surface area (Å²) in [6.45, 7) is 9.26. The van der Waals surface area contributed by atoms with E-state index in [1.54, 1.807) is 0 Å². The van der Waals surface area contributed by atoms with Gasteiger partial charge in [-0.3, -0.25) is 4.90 Å². The minimum atomic E-state index is -0.270. The van der Waals surface area contributed by atoms with Crippen LogP contribution in [0, 0.1) is 0 Å². The highest BCUT2D eigenvalue weighted by Gasteiger charge is 2.40. The molecule has 2 heterocycles. The number of fused-ring (bicyclic) bond motifs is 9. The van der Waals surface area contributed by atoms with Crippen molar-refractivity contribution in [3.8, 4) is 45.0 Å². The Balaban J connectivity index is 1.23. The van der Waals surface area contributed by atoms with Gasteiger partial charge < -0.3 is 4.42 Å². The largest absolute Gasteiger partial charge is 0.456 e. The number of para-hydroxylation sites is 2. The number of anilines is 3. The Morgan fingerprint density at radius 3 is 1.54 bits per heavy atom. The van der Waals surface area contributed by atoms with E-state index in [1.165, 1.54) is 44.5 Å². The van der Waals surface area contributed by atoms with Crippen LogP contribution in [0.4, 0.5) is 17.3 Å².